The van der Waals surface area contributed by atoms with Gasteiger partial charge in [0, 0.05) is 0 Å². The molecule has 0 aromatic rings. The molecule has 0 saturated carbocycles. The molecular weight excluding hydrogens is 339 g/mol. The van der Waals surface area contributed by atoms with Crippen molar-refractivity contribution in [3.05, 3.63) is 0 Å². The van der Waals surface area contributed by atoms with E-state index in [0.717, 1.165) is 6.42 Å². The van der Waals surface area contributed by atoms with E-state index in [1.807, 2.05) is 6.07 Å². The minimum absolute atomic E-state index is 0.252. The van der Waals surface area contributed by atoms with Crippen LogP contribution in [-0.4, -0.2) is 30.6 Å². The monoisotopic (exact) mass is 358 g/mol. The van der Waals surface area contributed by atoms with Crippen LogP contribution in [0.2, 0.25) is 0 Å². The molecule has 1 unspecified atom stereocenters. The van der Waals surface area contributed by atoms with Crippen LogP contribution in [0.1, 0.15) is 46.0 Å². The zero-order valence-corrected chi connectivity index (χ0v) is 13.9. The molecule has 0 aromatic heterocycles. The molecule has 0 spiro atoms. The summed E-state index contributed by atoms with van der Waals surface area (Å²) in [7, 11) is 0.616. The summed E-state index contributed by atoms with van der Waals surface area (Å²) in [6, 6.07) is 2.03. The van der Waals surface area contributed by atoms with E-state index in [9.17, 15) is 9.59 Å². The van der Waals surface area contributed by atoms with Crippen LogP contribution in [0.15, 0.2) is 0 Å². The van der Waals surface area contributed by atoms with Crippen LogP contribution in [-0.2, 0) is 19.0 Å². The summed E-state index contributed by atoms with van der Waals surface area (Å²) in [6.07, 6.45) is 2.67. The second-order valence-corrected chi connectivity index (χ2v) is 6.34. The average molecular weight is 359 g/mol. The Bertz CT molecular complexity index is 409. The molecule has 6 nitrogen and oxygen atoms in total. The van der Waals surface area contributed by atoms with E-state index in [1.165, 1.54) is 0 Å². The molecule has 21 heavy (non-hydrogen) atoms. The number of hydrogen-bond acceptors (Lipinski definition) is 6. The molecule has 0 rings (SSSR count). The molecule has 1 N–H and O–H groups in total. The summed E-state index contributed by atoms with van der Waals surface area (Å²) >= 11 is 3.18. The third kappa shape index (κ3) is 9.35. The van der Waals surface area contributed by atoms with Crippen LogP contribution in [0.4, 0.5) is 0 Å². The fraction of sp³-hybridized carbons (Fsp3) is 0.769. The van der Waals surface area contributed by atoms with Crippen molar-refractivity contribution in [2.75, 3.05) is 6.61 Å². The van der Waals surface area contributed by atoms with E-state index < -0.39 is 11.4 Å². The van der Waals surface area contributed by atoms with Crippen molar-refractivity contribution in [1.29, 1.82) is 10.6 Å². The van der Waals surface area contributed by atoms with Crippen molar-refractivity contribution < 1.29 is 19.0 Å². The maximum atomic E-state index is 11.9. The van der Waals surface area contributed by atoms with Gasteiger partial charge in [-0.3, -0.25) is 0 Å². The Kier molecular flexibility index (Phi) is 9.88. The van der Waals surface area contributed by atoms with Gasteiger partial charge in [0.15, 0.2) is 0 Å². The molecule has 0 bridgehead atoms. The first-order valence-corrected chi connectivity index (χ1v) is 7.64. The van der Waals surface area contributed by atoms with Gasteiger partial charge < -0.3 is 0 Å². The number of nitrogens with zero attached hydrogens (tertiary/aromatic N) is 1. The van der Waals surface area contributed by atoms with Gasteiger partial charge in [-0.05, 0) is 0 Å². The first-order valence-electron chi connectivity index (χ1n) is 6.73. The number of alkyl halides is 1. The van der Waals surface area contributed by atoms with Gasteiger partial charge in [0.25, 0.3) is 0 Å². The number of carbonyl (C=O) groups is 2. The number of rotatable bonds is 10. The summed E-state index contributed by atoms with van der Waals surface area (Å²) in [4.78, 5) is 22.5. The van der Waals surface area contributed by atoms with Gasteiger partial charge in [0.05, 0.1) is 6.07 Å². The number of unbranched alkanes of at least 4 members (excludes halogenated alkanes) is 2. The van der Waals surface area contributed by atoms with Crippen LogP contribution >= 0.6 is 15.9 Å². The van der Waals surface area contributed by atoms with Gasteiger partial charge in [0.2, 0.25) is 0 Å². The van der Waals surface area contributed by atoms with E-state index in [1.54, 1.807) is 13.8 Å². The Labute approximate surface area is 134 Å². The van der Waals surface area contributed by atoms with Gasteiger partial charge in [0.1, 0.15) is 0 Å². The Hall–Kier alpha value is -1.23. The molecule has 116 valence electrons. The van der Waals surface area contributed by atoms with E-state index >= 15 is 0 Å². The zero-order chi connectivity index (χ0) is 16.3. The number of halogens is 1. The summed E-state index contributed by atoms with van der Waals surface area (Å²) in [6.45, 7) is 3.78. The molecule has 8 heteroatoms. The predicted molar refractivity (Wildman–Crippen MR) is 80.7 cm³/mol. The van der Waals surface area contributed by atoms with Crippen LogP contribution in [0.5, 0.6) is 0 Å². The number of esters is 1. The summed E-state index contributed by atoms with van der Waals surface area (Å²) in [5.41, 5.74) is -0.711. The van der Waals surface area contributed by atoms with Crippen molar-refractivity contribution in [2.45, 2.75) is 50.8 Å². The van der Waals surface area contributed by atoms with Gasteiger partial charge in [-0.15, -0.1) is 0 Å². The van der Waals surface area contributed by atoms with Crippen molar-refractivity contribution in [3.63, 3.8) is 0 Å². The number of carbonyl (C=O) groups excluding carboxylic acids is 2. The van der Waals surface area contributed by atoms with Crippen molar-refractivity contribution >= 4 is 35.1 Å². The van der Waals surface area contributed by atoms with Gasteiger partial charge in [-0.25, -0.2) is 0 Å². The summed E-state index contributed by atoms with van der Waals surface area (Å²) < 4.78 is 9.55. The number of ether oxygens (including phenoxy) is 1. The Balaban J connectivity index is 3.82. The first-order chi connectivity index (χ1) is 9.83. The molecule has 0 saturated heterocycles. The first kappa shape index (κ1) is 19.8. The van der Waals surface area contributed by atoms with Gasteiger partial charge >= 0.3 is 106 Å². The Morgan fingerprint density at radius 3 is 2.62 bits per heavy atom. The van der Waals surface area contributed by atoms with Crippen molar-refractivity contribution in [1.82, 2.24) is 0 Å². The van der Waals surface area contributed by atoms with Crippen molar-refractivity contribution in [3.8, 4) is 6.07 Å². The molecule has 0 aliphatic heterocycles. The van der Waals surface area contributed by atoms with E-state index in [2.05, 4.69) is 20.6 Å². The SMILES string of the molecule is CC(C)(CC(Br)C#N)C(=O)OCCCCCC(=O)OB=N. The molecular formula is C13H20BBrN2O4. The second kappa shape index (κ2) is 10.5. The molecule has 0 aliphatic carbocycles. The Morgan fingerprint density at radius 2 is 2.05 bits per heavy atom. The van der Waals surface area contributed by atoms with Gasteiger partial charge in [-0.2, -0.15) is 5.26 Å². The van der Waals surface area contributed by atoms with Gasteiger partial charge in [-0.1, -0.05) is 15.9 Å². The second-order valence-electron chi connectivity index (χ2n) is 5.24. The average Bonchev–Trinajstić information content (AvgIpc) is 2.41. The molecule has 0 fully saturated rings. The molecule has 0 heterocycles. The fourth-order valence-electron chi connectivity index (χ4n) is 1.61. The molecule has 0 aromatic carbocycles. The summed E-state index contributed by atoms with van der Waals surface area (Å²) in [5.74, 6) is -0.756. The number of nitrogens with one attached hydrogen (secondary N) is 1. The van der Waals surface area contributed by atoms with E-state index in [-0.39, 0.29) is 17.2 Å². The van der Waals surface area contributed by atoms with Crippen LogP contribution < -0.4 is 0 Å². The van der Waals surface area contributed by atoms with E-state index in [0.29, 0.717) is 33.1 Å². The molecule has 1 atom stereocenters. The number of hydrogen-bond donors (Lipinski definition) is 1. The topological polar surface area (TPSA) is 100 Å². The third-order valence-electron chi connectivity index (χ3n) is 2.83. The van der Waals surface area contributed by atoms with Crippen LogP contribution in [0.25, 0.3) is 0 Å². The molecule has 0 amide bonds. The normalized spacial score (nSPS) is 11.9. The van der Waals surface area contributed by atoms with Crippen LogP contribution in [0.3, 0.4) is 0 Å². The minimum atomic E-state index is -0.711. The standard InChI is InChI=1S/C13H20BBrN2O4/c1-13(2,8-10(15)9-16)12(19)20-7-5-3-4-6-11(18)21-14-17/h10,17H,3-8H2,1-2H3. The van der Waals surface area contributed by atoms with Crippen LogP contribution in [0, 0.1) is 22.1 Å². The summed E-state index contributed by atoms with van der Waals surface area (Å²) in [5, 5.41) is 15.3. The van der Waals surface area contributed by atoms with E-state index in [4.69, 9.17) is 15.3 Å². The maximum absolute atomic E-state index is 11.9. The number of nitriles is 1. The van der Waals surface area contributed by atoms with Crippen molar-refractivity contribution in [2.24, 2.45) is 5.41 Å². The molecule has 0 aliphatic rings. The zero-order valence-electron chi connectivity index (χ0n) is 12.4. The molecule has 0 radical (unpaired) electrons. The third-order valence-corrected chi connectivity index (χ3v) is 3.36. The predicted octanol–water partition coefficient (Wildman–Crippen LogP) is 2.72. The fourth-order valence-corrected chi connectivity index (χ4v) is 2.42. The Morgan fingerprint density at radius 1 is 1.38 bits per heavy atom. The quantitative estimate of drug-likeness (QED) is 0.280.